The van der Waals surface area contributed by atoms with Crippen LogP contribution < -0.4 is 5.32 Å². The molecule has 8 heteroatoms. The lowest BCUT2D eigenvalue weighted by Gasteiger charge is -2.06. The molecule has 0 bridgehead atoms. The first-order chi connectivity index (χ1) is 11.0. The molecule has 0 saturated heterocycles. The number of hydrogen-bond acceptors (Lipinski definition) is 4. The molecule has 0 aliphatic rings. The van der Waals surface area contributed by atoms with Crippen LogP contribution in [0.5, 0.6) is 0 Å². The van der Waals surface area contributed by atoms with Crippen molar-refractivity contribution in [2.75, 3.05) is 18.1 Å². The molecule has 2 rings (SSSR count). The fraction of sp³-hybridized carbons (Fsp3) is 0.267. The Bertz CT molecular complexity index is 718. The molecule has 6 nitrogen and oxygen atoms in total. The van der Waals surface area contributed by atoms with Crippen molar-refractivity contribution in [1.82, 2.24) is 15.1 Å². The van der Waals surface area contributed by atoms with Gasteiger partial charge in [-0.1, -0.05) is 29.8 Å². The number of thioether (sulfide) groups is 1. The summed E-state index contributed by atoms with van der Waals surface area (Å²) in [4.78, 5) is 22.7. The Morgan fingerprint density at radius 1 is 1.39 bits per heavy atom. The molecular formula is C15H16ClN3O3S. The number of benzene rings is 1. The van der Waals surface area contributed by atoms with Gasteiger partial charge in [0, 0.05) is 31.1 Å². The quantitative estimate of drug-likeness (QED) is 0.746. The van der Waals surface area contributed by atoms with Gasteiger partial charge in [0.15, 0.2) is 0 Å². The van der Waals surface area contributed by atoms with Gasteiger partial charge in [-0.25, -0.2) is 0 Å². The predicted molar refractivity (Wildman–Crippen MR) is 90.9 cm³/mol. The highest BCUT2D eigenvalue weighted by Crippen LogP contribution is 2.28. The number of hydrogen-bond donors (Lipinski definition) is 2. The molecule has 1 heterocycles. The zero-order valence-corrected chi connectivity index (χ0v) is 14.0. The SMILES string of the molecule is Cn1cc(C(=O)NCCSCC(=O)O)c(-c2ccccc2Cl)n1. The van der Waals surface area contributed by atoms with Crippen molar-refractivity contribution < 1.29 is 14.7 Å². The summed E-state index contributed by atoms with van der Waals surface area (Å²) in [5.74, 6) is -0.577. The van der Waals surface area contributed by atoms with Crippen molar-refractivity contribution in [1.29, 1.82) is 0 Å². The standard InChI is InChI=1S/C15H16ClN3O3S/c1-19-8-11(15(22)17-6-7-23-9-13(20)21)14(18-19)10-4-2-3-5-12(10)16/h2-5,8H,6-7,9H2,1H3,(H,17,22)(H,20,21). The van der Waals surface area contributed by atoms with E-state index in [0.29, 0.717) is 34.1 Å². The summed E-state index contributed by atoms with van der Waals surface area (Å²) >= 11 is 7.43. The van der Waals surface area contributed by atoms with Gasteiger partial charge in [-0.3, -0.25) is 14.3 Å². The molecule has 0 fully saturated rings. The minimum Gasteiger partial charge on any atom is -0.481 e. The lowest BCUT2D eigenvalue weighted by atomic mass is 10.1. The third kappa shape index (κ3) is 4.74. The van der Waals surface area contributed by atoms with Gasteiger partial charge in [0.25, 0.3) is 5.91 Å². The van der Waals surface area contributed by atoms with Gasteiger partial charge in [0.2, 0.25) is 0 Å². The molecule has 0 spiro atoms. The highest BCUT2D eigenvalue weighted by Gasteiger charge is 2.18. The molecule has 2 aromatic rings. The number of carboxylic acid groups (broad SMARTS) is 1. The first-order valence-electron chi connectivity index (χ1n) is 6.85. The van der Waals surface area contributed by atoms with Gasteiger partial charge in [0.1, 0.15) is 5.69 Å². The van der Waals surface area contributed by atoms with E-state index in [9.17, 15) is 9.59 Å². The monoisotopic (exact) mass is 353 g/mol. The lowest BCUT2D eigenvalue weighted by molar-refractivity contribution is -0.133. The van der Waals surface area contributed by atoms with Crippen LogP contribution in [0, 0.1) is 0 Å². The van der Waals surface area contributed by atoms with Gasteiger partial charge >= 0.3 is 5.97 Å². The maximum absolute atomic E-state index is 12.3. The number of carbonyl (C=O) groups excluding carboxylic acids is 1. The predicted octanol–water partition coefficient (Wildman–Crippen LogP) is 2.29. The number of nitrogens with one attached hydrogen (secondary N) is 1. The van der Waals surface area contributed by atoms with E-state index < -0.39 is 5.97 Å². The van der Waals surface area contributed by atoms with Crippen LogP contribution >= 0.6 is 23.4 Å². The second-order valence-electron chi connectivity index (χ2n) is 4.75. The summed E-state index contributed by atoms with van der Waals surface area (Å²) in [6.45, 7) is 0.383. The number of aliphatic carboxylic acids is 1. The Kier molecular flexibility index (Phi) is 6.06. The van der Waals surface area contributed by atoms with Gasteiger partial charge in [-0.15, -0.1) is 11.8 Å². The number of nitrogens with zero attached hydrogens (tertiary/aromatic N) is 2. The van der Waals surface area contributed by atoms with E-state index in [-0.39, 0.29) is 11.7 Å². The van der Waals surface area contributed by atoms with E-state index in [1.165, 1.54) is 11.8 Å². The van der Waals surface area contributed by atoms with Gasteiger partial charge in [0.05, 0.1) is 16.3 Å². The van der Waals surface area contributed by atoms with Crippen molar-refractivity contribution in [2.24, 2.45) is 7.05 Å². The van der Waals surface area contributed by atoms with E-state index >= 15 is 0 Å². The summed E-state index contributed by atoms with van der Waals surface area (Å²) in [6.07, 6.45) is 1.64. The molecule has 0 atom stereocenters. The van der Waals surface area contributed by atoms with E-state index in [0.717, 1.165) is 0 Å². The fourth-order valence-electron chi connectivity index (χ4n) is 2.00. The molecule has 1 amide bonds. The second-order valence-corrected chi connectivity index (χ2v) is 6.26. The van der Waals surface area contributed by atoms with Crippen LogP contribution in [0.25, 0.3) is 11.3 Å². The van der Waals surface area contributed by atoms with Crippen LogP contribution in [0.4, 0.5) is 0 Å². The molecule has 0 radical (unpaired) electrons. The van der Waals surface area contributed by atoms with E-state index in [1.54, 1.807) is 24.0 Å². The minimum absolute atomic E-state index is 0.0215. The first-order valence-corrected chi connectivity index (χ1v) is 8.38. The van der Waals surface area contributed by atoms with Crippen LogP contribution in [0.2, 0.25) is 5.02 Å². The normalized spacial score (nSPS) is 10.5. The lowest BCUT2D eigenvalue weighted by Crippen LogP contribution is -2.26. The van der Waals surface area contributed by atoms with Crippen molar-refractivity contribution in [2.45, 2.75) is 0 Å². The van der Waals surface area contributed by atoms with E-state index in [2.05, 4.69) is 10.4 Å². The fourth-order valence-corrected chi connectivity index (χ4v) is 2.79. The number of carbonyl (C=O) groups is 2. The van der Waals surface area contributed by atoms with Crippen LogP contribution in [-0.4, -0.2) is 44.8 Å². The highest BCUT2D eigenvalue weighted by molar-refractivity contribution is 7.99. The van der Waals surface area contributed by atoms with Crippen LogP contribution in [-0.2, 0) is 11.8 Å². The Morgan fingerprint density at radius 3 is 2.83 bits per heavy atom. The summed E-state index contributed by atoms with van der Waals surface area (Å²) in [6, 6.07) is 7.20. The van der Waals surface area contributed by atoms with Crippen molar-refractivity contribution in [3.8, 4) is 11.3 Å². The summed E-state index contributed by atoms with van der Waals surface area (Å²) < 4.78 is 1.56. The summed E-state index contributed by atoms with van der Waals surface area (Å²) in [7, 11) is 1.74. The zero-order chi connectivity index (χ0) is 16.8. The number of aryl methyl sites for hydroxylation is 1. The van der Waals surface area contributed by atoms with Gasteiger partial charge in [-0.05, 0) is 6.07 Å². The number of carboxylic acids is 1. The van der Waals surface area contributed by atoms with E-state index in [1.807, 2.05) is 18.2 Å². The summed E-state index contributed by atoms with van der Waals surface area (Å²) in [5, 5.41) is 16.2. The Balaban J connectivity index is 2.07. The average molecular weight is 354 g/mol. The van der Waals surface area contributed by atoms with E-state index in [4.69, 9.17) is 16.7 Å². The van der Waals surface area contributed by atoms with Crippen LogP contribution in [0.1, 0.15) is 10.4 Å². The molecule has 0 saturated carbocycles. The molecule has 23 heavy (non-hydrogen) atoms. The molecule has 0 unspecified atom stereocenters. The largest absolute Gasteiger partial charge is 0.481 e. The van der Waals surface area contributed by atoms with Crippen molar-refractivity contribution >= 4 is 35.2 Å². The number of halogens is 1. The Morgan fingerprint density at radius 2 is 2.13 bits per heavy atom. The second kappa shape index (κ2) is 8.03. The molecule has 1 aromatic carbocycles. The molecule has 0 aliphatic carbocycles. The Labute approximate surface area is 142 Å². The molecule has 1 aromatic heterocycles. The maximum atomic E-state index is 12.3. The number of rotatable bonds is 7. The smallest absolute Gasteiger partial charge is 0.313 e. The molecular weight excluding hydrogens is 338 g/mol. The van der Waals surface area contributed by atoms with Crippen molar-refractivity contribution in [3.05, 3.63) is 41.0 Å². The third-order valence-electron chi connectivity index (χ3n) is 2.96. The maximum Gasteiger partial charge on any atom is 0.313 e. The van der Waals surface area contributed by atoms with Gasteiger partial charge < -0.3 is 10.4 Å². The Hall–Kier alpha value is -1.99. The molecule has 122 valence electrons. The first kappa shape index (κ1) is 17.4. The summed E-state index contributed by atoms with van der Waals surface area (Å²) in [5.41, 5.74) is 1.65. The zero-order valence-electron chi connectivity index (χ0n) is 12.5. The topological polar surface area (TPSA) is 84.2 Å². The van der Waals surface area contributed by atoms with Gasteiger partial charge in [-0.2, -0.15) is 5.10 Å². The third-order valence-corrected chi connectivity index (χ3v) is 4.23. The van der Waals surface area contributed by atoms with Crippen LogP contribution in [0.15, 0.2) is 30.5 Å². The minimum atomic E-state index is -0.866. The average Bonchev–Trinajstić information content (AvgIpc) is 2.88. The number of aromatic nitrogens is 2. The molecule has 2 N–H and O–H groups in total. The van der Waals surface area contributed by atoms with Crippen LogP contribution in [0.3, 0.4) is 0 Å². The highest BCUT2D eigenvalue weighted by atomic mass is 35.5. The van der Waals surface area contributed by atoms with Crippen molar-refractivity contribution in [3.63, 3.8) is 0 Å². The number of amides is 1. The molecule has 0 aliphatic heterocycles.